The maximum absolute atomic E-state index is 10.5. The van der Waals surface area contributed by atoms with Crippen molar-refractivity contribution in [1.29, 1.82) is 0 Å². The zero-order chi connectivity index (χ0) is 11.3. The van der Waals surface area contributed by atoms with E-state index in [1.165, 1.54) is 0 Å². The topological polar surface area (TPSA) is 47.0 Å². The van der Waals surface area contributed by atoms with Crippen LogP contribution in [0.3, 0.4) is 0 Å². The first-order valence-electron chi connectivity index (χ1n) is 5.39. The summed E-state index contributed by atoms with van der Waals surface area (Å²) in [6, 6.07) is 0. The Bertz CT molecular complexity index is 201. The van der Waals surface area contributed by atoms with E-state index in [0.29, 0.717) is 0 Å². The van der Waals surface area contributed by atoms with Crippen molar-refractivity contribution >= 4 is 5.97 Å². The third-order valence-corrected chi connectivity index (χ3v) is 2.69. The van der Waals surface area contributed by atoms with Gasteiger partial charge >= 0.3 is 5.97 Å². The number of aliphatic carboxylic acids is 1. The Labute approximate surface area is 91.3 Å². The Balaban J connectivity index is 2.15. The van der Waals surface area contributed by atoms with Crippen LogP contribution in [0, 0.1) is 0 Å². The molecule has 0 saturated carbocycles. The summed E-state index contributed by atoms with van der Waals surface area (Å²) in [5.74, 6) is -0.725. The first kappa shape index (κ1) is 12.4. The highest BCUT2D eigenvalue weighted by Gasteiger charge is 2.17. The number of hydrogen-bond donors (Lipinski definition) is 1. The molecule has 88 valence electrons. The van der Waals surface area contributed by atoms with Gasteiger partial charge in [-0.25, -0.2) is 0 Å². The van der Waals surface area contributed by atoms with E-state index in [1.54, 1.807) is 0 Å². The second-order valence-corrected chi connectivity index (χ2v) is 4.31. The summed E-state index contributed by atoms with van der Waals surface area (Å²) in [4.78, 5) is 17.1. The van der Waals surface area contributed by atoms with Gasteiger partial charge in [0.05, 0.1) is 6.54 Å². The monoisotopic (exact) mass is 215 g/mol. The Hall–Kier alpha value is -0.650. The molecule has 15 heavy (non-hydrogen) atoms. The van der Waals surface area contributed by atoms with E-state index in [4.69, 9.17) is 5.11 Å². The first-order valence-corrected chi connectivity index (χ1v) is 5.39. The van der Waals surface area contributed by atoms with Gasteiger partial charge in [0.2, 0.25) is 0 Å². The molecule has 0 aromatic carbocycles. The Morgan fingerprint density at radius 2 is 1.73 bits per heavy atom. The Kier molecular flexibility index (Phi) is 5.01. The van der Waals surface area contributed by atoms with E-state index in [9.17, 15) is 4.79 Å². The lowest BCUT2D eigenvalue weighted by Crippen LogP contribution is -2.49. The smallest absolute Gasteiger partial charge is 0.317 e. The minimum absolute atomic E-state index is 0.182. The van der Waals surface area contributed by atoms with Gasteiger partial charge in [0.25, 0.3) is 0 Å². The van der Waals surface area contributed by atoms with E-state index in [-0.39, 0.29) is 6.54 Å². The predicted octanol–water partition coefficient (Wildman–Crippen LogP) is -0.750. The van der Waals surface area contributed by atoms with Crippen LogP contribution in [0.2, 0.25) is 0 Å². The number of nitrogens with zero attached hydrogens (tertiary/aromatic N) is 3. The highest BCUT2D eigenvalue weighted by molar-refractivity contribution is 5.69. The SMILES string of the molecule is CN(C)CCN1CCN(CC(=O)O)CC1. The lowest BCUT2D eigenvalue weighted by molar-refractivity contribution is -0.138. The third kappa shape index (κ3) is 5.11. The molecule has 0 radical (unpaired) electrons. The highest BCUT2D eigenvalue weighted by Crippen LogP contribution is 2.00. The summed E-state index contributed by atoms with van der Waals surface area (Å²) in [7, 11) is 4.14. The molecular formula is C10H21N3O2. The summed E-state index contributed by atoms with van der Waals surface area (Å²) >= 11 is 0. The number of likely N-dealkylation sites (N-methyl/N-ethyl adjacent to an activating group) is 1. The molecule has 1 saturated heterocycles. The lowest BCUT2D eigenvalue weighted by Gasteiger charge is -2.34. The average Bonchev–Trinajstić information content (AvgIpc) is 2.16. The van der Waals surface area contributed by atoms with E-state index in [2.05, 4.69) is 23.9 Å². The van der Waals surface area contributed by atoms with Crippen LogP contribution in [0.25, 0.3) is 0 Å². The number of carboxylic acids is 1. The maximum atomic E-state index is 10.5. The van der Waals surface area contributed by atoms with Gasteiger partial charge in [0, 0.05) is 39.3 Å². The van der Waals surface area contributed by atoms with Crippen LogP contribution in [-0.2, 0) is 4.79 Å². The minimum Gasteiger partial charge on any atom is -0.480 e. The van der Waals surface area contributed by atoms with Crippen LogP contribution in [0.15, 0.2) is 0 Å². The van der Waals surface area contributed by atoms with Gasteiger partial charge in [-0.2, -0.15) is 0 Å². The molecule has 0 unspecified atom stereocenters. The summed E-state index contributed by atoms with van der Waals surface area (Å²) in [6.45, 7) is 6.05. The van der Waals surface area contributed by atoms with Crippen LogP contribution >= 0.6 is 0 Å². The molecule has 0 aromatic heterocycles. The summed E-state index contributed by atoms with van der Waals surface area (Å²) < 4.78 is 0. The van der Waals surface area contributed by atoms with E-state index in [0.717, 1.165) is 39.3 Å². The highest BCUT2D eigenvalue weighted by atomic mass is 16.4. The second-order valence-electron chi connectivity index (χ2n) is 4.31. The Morgan fingerprint density at radius 3 is 2.20 bits per heavy atom. The maximum Gasteiger partial charge on any atom is 0.317 e. The molecular weight excluding hydrogens is 194 g/mol. The van der Waals surface area contributed by atoms with Crippen molar-refractivity contribution in [3.63, 3.8) is 0 Å². The molecule has 1 N–H and O–H groups in total. The normalized spacial score (nSPS) is 19.7. The van der Waals surface area contributed by atoms with Crippen LogP contribution in [-0.4, -0.2) is 85.7 Å². The fraction of sp³-hybridized carbons (Fsp3) is 0.900. The van der Waals surface area contributed by atoms with Crippen molar-refractivity contribution in [2.45, 2.75) is 0 Å². The Morgan fingerprint density at radius 1 is 1.20 bits per heavy atom. The van der Waals surface area contributed by atoms with E-state index in [1.807, 2.05) is 4.90 Å². The number of hydrogen-bond acceptors (Lipinski definition) is 4. The van der Waals surface area contributed by atoms with Crippen molar-refractivity contribution in [3.8, 4) is 0 Å². The molecule has 1 fully saturated rings. The van der Waals surface area contributed by atoms with Gasteiger partial charge in [-0.15, -0.1) is 0 Å². The van der Waals surface area contributed by atoms with Crippen LogP contribution in [0.1, 0.15) is 0 Å². The molecule has 5 heteroatoms. The standard InChI is InChI=1S/C10H21N3O2/c1-11(2)3-4-12-5-7-13(8-6-12)9-10(14)15/h3-9H2,1-2H3,(H,14,15). The van der Waals surface area contributed by atoms with Gasteiger partial charge in [0.15, 0.2) is 0 Å². The number of carboxylic acid groups (broad SMARTS) is 1. The van der Waals surface area contributed by atoms with Crippen LogP contribution in [0.4, 0.5) is 0 Å². The fourth-order valence-corrected chi connectivity index (χ4v) is 1.70. The van der Waals surface area contributed by atoms with Crippen LogP contribution < -0.4 is 0 Å². The van der Waals surface area contributed by atoms with Crippen molar-refractivity contribution in [1.82, 2.24) is 14.7 Å². The van der Waals surface area contributed by atoms with Crippen molar-refractivity contribution in [3.05, 3.63) is 0 Å². The molecule has 0 bridgehead atoms. The molecule has 1 heterocycles. The quantitative estimate of drug-likeness (QED) is 0.654. The molecule has 0 spiro atoms. The molecule has 1 aliphatic heterocycles. The minimum atomic E-state index is -0.725. The lowest BCUT2D eigenvalue weighted by atomic mass is 10.3. The molecule has 1 rings (SSSR count). The largest absolute Gasteiger partial charge is 0.480 e. The number of piperazine rings is 1. The van der Waals surface area contributed by atoms with Gasteiger partial charge in [0.1, 0.15) is 0 Å². The van der Waals surface area contributed by atoms with Crippen molar-refractivity contribution in [2.75, 3.05) is 59.9 Å². The molecule has 1 aliphatic rings. The third-order valence-electron chi connectivity index (χ3n) is 2.69. The average molecular weight is 215 g/mol. The first-order chi connectivity index (χ1) is 7.08. The van der Waals surface area contributed by atoms with Crippen molar-refractivity contribution < 1.29 is 9.90 Å². The molecule has 0 amide bonds. The summed E-state index contributed by atoms with van der Waals surface area (Å²) in [6.07, 6.45) is 0. The van der Waals surface area contributed by atoms with Gasteiger partial charge < -0.3 is 10.0 Å². The number of carbonyl (C=O) groups is 1. The second kappa shape index (κ2) is 6.05. The summed E-state index contributed by atoms with van der Waals surface area (Å²) in [5.41, 5.74) is 0. The van der Waals surface area contributed by atoms with E-state index >= 15 is 0 Å². The van der Waals surface area contributed by atoms with Gasteiger partial charge in [-0.1, -0.05) is 0 Å². The van der Waals surface area contributed by atoms with E-state index < -0.39 is 5.97 Å². The predicted molar refractivity (Wildman–Crippen MR) is 59.1 cm³/mol. The zero-order valence-electron chi connectivity index (χ0n) is 9.65. The van der Waals surface area contributed by atoms with Crippen LogP contribution in [0.5, 0.6) is 0 Å². The molecule has 5 nitrogen and oxygen atoms in total. The van der Waals surface area contributed by atoms with Crippen molar-refractivity contribution in [2.24, 2.45) is 0 Å². The fourth-order valence-electron chi connectivity index (χ4n) is 1.70. The zero-order valence-corrected chi connectivity index (χ0v) is 9.65. The summed E-state index contributed by atoms with van der Waals surface area (Å²) in [5, 5.41) is 8.65. The molecule has 0 aromatic rings. The van der Waals surface area contributed by atoms with Gasteiger partial charge in [-0.3, -0.25) is 14.6 Å². The van der Waals surface area contributed by atoms with Gasteiger partial charge in [-0.05, 0) is 14.1 Å². The molecule has 0 aliphatic carbocycles. The molecule has 0 atom stereocenters. The number of rotatable bonds is 5.